The highest BCUT2D eigenvalue weighted by molar-refractivity contribution is 7.89. The normalized spacial score (nSPS) is 14.2. The number of rotatable bonds is 8. The van der Waals surface area contributed by atoms with Crippen LogP contribution in [0, 0.1) is 11.7 Å². The summed E-state index contributed by atoms with van der Waals surface area (Å²) in [4.78, 5) is 14.1. The fourth-order valence-corrected chi connectivity index (χ4v) is 4.89. The van der Waals surface area contributed by atoms with Crippen molar-refractivity contribution in [2.75, 3.05) is 24.3 Å². The molecule has 1 aliphatic carbocycles. The van der Waals surface area contributed by atoms with Crippen molar-refractivity contribution < 1.29 is 17.6 Å². The van der Waals surface area contributed by atoms with E-state index >= 15 is 0 Å². The molecule has 3 rings (SSSR count). The summed E-state index contributed by atoms with van der Waals surface area (Å²) in [5, 5.41) is 2.92. The van der Waals surface area contributed by atoms with Crippen LogP contribution < -0.4 is 10.2 Å². The van der Waals surface area contributed by atoms with Gasteiger partial charge in [0.2, 0.25) is 15.9 Å². The zero-order chi connectivity index (χ0) is 22.1. The predicted octanol–water partition coefficient (Wildman–Crippen LogP) is 3.84. The SMILES string of the molecule is CC(C)N(Cc1cc(NC(=O)C2CC2)ccc1N(C)C)S(=O)(=O)c1ccc(F)cc1. The Kier molecular flexibility index (Phi) is 6.47. The van der Waals surface area contributed by atoms with Crippen LogP contribution in [0.25, 0.3) is 0 Å². The molecule has 2 aromatic rings. The maximum absolute atomic E-state index is 13.3. The Morgan fingerprint density at radius 1 is 1.13 bits per heavy atom. The number of hydrogen-bond acceptors (Lipinski definition) is 4. The topological polar surface area (TPSA) is 69.7 Å². The molecule has 6 nitrogen and oxygen atoms in total. The standard InChI is InChI=1S/C22H28FN3O3S/c1-15(2)26(30(28,29)20-10-7-18(23)8-11-20)14-17-13-19(9-12-21(17)25(3)4)24-22(27)16-5-6-16/h7-13,15-16H,5-6,14H2,1-4H3,(H,24,27). The third-order valence-corrected chi connectivity index (χ3v) is 7.14. The van der Waals surface area contributed by atoms with Gasteiger partial charge in [0.25, 0.3) is 0 Å². The lowest BCUT2D eigenvalue weighted by Crippen LogP contribution is -2.36. The van der Waals surface area contributed by atoms with Gasteiger partial charge in [-0.05, 0) is 74.7 Å². The van der Waals surface area contributed by atoms with Gasteiger partial charge in [0.05, 0.1) is 4.90 Å². The second kappa shape index (κ2) is 8.73. The number of anilines is 2. The molecule has 30 heavy (non-hydrogen) atoms. The molecule has 0 heterocycles. The molecule has 0 atom stereocenters. The molecule has 0 bridgehead atoms. The van der Waals surface area contributed by atoms with Gasteiger partial charge in [0.15, 0.2) is 0 Å². The first kappa shape index (κ1) is 22.2. The molecule has 0 aromatic heterocycles. The summed E-state index contributed by atoms with van der Waals surface area (Å²) >= 11 is 0. The highest BCUT2D eigenvalue weighted by atomic mass is 32.2. The first-order valence-corrected chi connectivity index (χ1v) is 11.4. The average Bonchev–Trinajstić information content (AvgIpc) is 3.51. The maximum atomic E-state index is 13.3. The van der Waals surface area contributed by atoms with Crippen molar-refractivity contribution in [3.63, 3.8) is 0 Å². The van der Waals surface area contributed by atoms with E-state index in [0.29, 0.717) is 5.69 Å². The van der Waals surface area contributed by atoms with Gasteiger partial charge in [-0.15, -0.1) is 0 Å². The van der Waals surface area contributed by atoms with Crippen molar-refractivity contribution in [1.82, 2.24) is 4.31 Å². The average molecular weight is 434 g/mol. The van der Waals surface area contributed by atoms with E-state index in [0.717, 1.165) is 36.2 Å². The fraction of sp³-hybridized carbons (Fsp3) is 0.409. The number of nitrogens with one attached hydrogen (secondary N) is 1. The smallest absolute Gasteiger partial charge is 0.243 e. The van der Waals surface area contributed by atoms with Crippen molar-refractivity contribution in [2.45, 2.75) is 44.2 Å². The van der Waals surface area contributed by atoms with Crippen molar-refractivity contribution >= 4 is 27.3 Å². The molecule has 1 fully saturated rings. The van der Waals surface area contributed by atoms with Crippen LogP contribution >= 0.6 is 0 Å². The third kappa shape index (κ3) is 4.99. The number of benzene rings is 2. The van der Waals surface area contributed by atoms with Gasteiger partial charge in [-0.3, -0.25) is 4.79 Å². The summed E-state index contributed by atoms with van der Waals surface area (Å²) in [6, 6.07) is 10.0. The minimum absolute atomic E-state index is 0.00166. The van der Waals surface area contributed by atoms with Crippen LogP contribution in [0.1, 0.15) is 32.3 Å². The molecule has 0 unspecified atom stereocenters. The Balaban J connectivity index is 1.95. The summed E-state index contributed by atoms with van der Waals surface area (Å²) in [5.74, 6) is -0.412. The number of amides is 1. The molecule has 1 saturated carbocycles. The summed E-state index contributed by atoms with van der Waals surface area (Å²) in [5.41, 5.74) is 2.28. The Hall–Kier alpha value is -2.45. The Labute approximate surface area is 177 Å². The number of carbonyl (C=O) groups is 1. The first-order chi connectivity index (χ1) is 14.1. The second-order valence-electron chi connectivity index (χ2n) is 8.10. The van der Waals surface area contributed by atoms with Gasteiger partial charge in [-0.2, -0.15) is 4.31 Å². The van der Waals surface area contributed by atoms with Crippen molar-refractivity contribution in [3.8, 4) is 0 Å². The van der Waals surface area contributed by atoms with E-state index in [1.807, 2.05) is 37.2 Å². The van der Waals surface area contributed by atoms with Crippen LogP contribution in [-0.4, -0.2) is 38.8 Å². The van der Waals surface area contributed by atoms with E-state index in [-0.39, 0.29) is 29.3 Å². The van der Waals surface area contributed by atoms with Gasteiger partial charge in [-0.25, -0.2) is 12.8 Å². The number of carbonyl (C=O) groups excluding carboxylic acids is 1. The van der Waals surface area contributed by atoms with E-state index in [4.69, 9.17) is 0 Å². The molecule has 1 amide bonds. The second-order valence-corrected chi connectivity index (χ2v) is 9.99. The van der Waals surface area contributed by atoms with Crippen LogP contribution in [0.3, 0.4) is 0 Å². The Bertz CT molecular complexity index is 1020. The molecule has 162 valence electrons. The lowest BCUT2D eigenvalue weighted by molar-refractivity contribution is -0.117. The van der Waals surface area contributed by atoms with Crippen molar-refractivity contribution in [3.05, 3.63) is 53.8 Å². The van der Waals surface area contributed by atoms with E-state index in [1.165, 1.54) is 16.4 Å². The highest BCUT2D eigenvalue weighted by Crippen LogP contribution is 2.32. The largest absolute Gasteiger partial charge is 0.377 e. The number of sulfonamides is 1. The molecule has 0 spiro atoms. The van der Waals surface area contributed by atoms with Crippen LogP contribution in [0.4, 0.5) is 15.8 Å². The summed E-state index contributed by atoms with van der Waals surface area (Å²) in [6.45, 7) is 3.72. The molecule has 0 radical (unpaired) electrons. The molecule has 0 saturated heterocycles. The molecular formula is C22H28FN3O3S. The van der Waals surface area contributed by atoms with Gasteiger partial charge in [-0.1, -0.05) is 0 Å². The molecular weight excluding hydrogens is 405 g/mol. The van der Waals surface area contributed by atoms with Gasteiger partial charge in [0.1, 0.15) is 5.82 Å². The van der Waals surface area contributed by atoms with Gasteiger partial charge < -0.3 is 10.2 Å². The predicted molar refractivity (Wildman–Crippen MR) is 116 cm³/mol. The number of hydrogen-bond donors (Lipinski definition) is 1. The lowest BCUT2D eigenvalue weighted by Gasteiger charge is -2.28. The minimum Gasteiger partial charge on any atom is -0.377 e. The molecule has 2 aromatic carbocycles. The third-order valence-electron chi connectivity index (χ3n) is 5.10. The zero-order valence-electron chi connectivity index (χ0n) is 17.7. The lowest BCUT2D eigenvalue weighted by atomic mass is 10.1. The van der Waals surface area contributed by atoms with Crippen molar-refractivity contribution in [2.24, 2.45) is 5.92 Å². The number of nitrogens with zero attached hydrogens (tertiary/aromatic N) is 2. The van der Waals surface area contributed by atoms with E-state index in [1.54, 1.807) is 13.8 Å². The zero-order valence-corrected chi connectivity index (χ0v) is 18.5. The van der Waals surface area contributed by atoms with Gasteiger partial charge >= 0.3 is 0 Å². The van der Waals surface area contributed by atoms with Crippen LogP contribution in [-0.2, 0) is 21.4 Å². The fourth-order valence-electron chi connectivity index (χ4n) is 3.27. The molecule has 1 aliphatic rings. The summed E-state index contributed by atoms with van der Waals surface area (Å²) < 4.78 is 41.2. The summed E-state index contributed by atoms with van der Waals surface area (Å²) in [6.07, 6.45) is 1.82. The molecule has 8 heteroatoms. The van der Waals surface area contributed by atoms with E-state index in [9.17, 15) is 17.6 Å². The van der Waals surface area contributed by atoms with E-state index < -0.39 is 15.8 Å². The van der Waals surface area contributed by atoms with Gasteiger partial charge in [0, 0.05) is 44.0 Å². The van der Waals surface area contributed by atoms with Crippen molar-refractivity contribution in [1.29, 1.82) is 0 Å². The van der Waals surface area contributed by atoms with Crippen LogP contribution in [0.2, 0.25) is 0 Å². The Morgan fingerprint density at radius 2 is 1.77 bits per heavy atom. The summed E-state index contributed by atoms with van der Waals surface area (Å²) in [7, 11) is -0.0675. The molecule has 0 aliphatic heterocycles. The first-order valence-electron chi connectivity index (χ1n) is 9.98. The monoisotopic (exact) mass is 433 g/mol. The maximum Gasteiger partial charge on any atom is 0.243 e. The van der Waals surface area contributed by atoms with Crippen LogP contribution in [0.5, 0.6) is 0 Å². The highest BCUT2D eigenvalue weighted by Gasteiger charge is 2.30. The number of halogens is 1. The minimum atomic E-state index is -3.84. The van der Waals surface area contributed by atoms with Crippen LogP contribution in [0.15, 0.2) is 47.4 Å². The molecule has 1 N–H and O–H groups in total. The van der Waals surface area contributed by atoms with E-state index in [2.05, 4.69) is 5.32 Å². The Morgan fingerprint density at radius 3 is 2.30 bits per heavy atom. The quantitative estimate of drug-likeness (QED) is 0.687.